The van der Waals surface area contributed by atoms with Gasteiger partial charge in [0.05, 0.1) is 11.4 Å². The number of aromatic nitrogens is 2. The molecule has 0 spiro atoms. The van der Waals surface area contributed by atoms with E-state index >= 15 is 0 Å². The first kappa shape index (κ1) is 28.7. The number of imidazole rings is 1. The maximum Gasteiger partial charge on any atom is 0.145 e. The van der Waals surface area contributed by atoms with Crippen LogP contribution in [-0.2, 0) is 0 Å². The number of rotatable bonds is 6. The van der Waals surface area contributed by atoms with Crippen LogP contribution in [0.5, 0.6) is 0 Å². The molecule has 230 valence electrons. The molecule has 0 aliphatic heterocycles. The number of para-hydroxylation sites is 1. The third kappa shape index (κ3) is 5.02. The predicted octanol–water partition coefficient (Wildman–Crippen LogP) is 12.5. The van der Waals surface area contributed by atoms with E-state index in [0.29, 0.717) is 0 Å². The van der Waals surface area contributed by atoms with E-state index in [1.165, 1.54) is 43.8 Å². The van der Waals surface area contributed by atoms with Crippen molar-refractivity contribution in [3.63, 3.8) is 0 Å². The van der Waals surface area contributed by atoms with Crippen LogP contribution in [0, 0.1) is 0 Å². The average molecular weight is 625 g/mol. The van der Waals surface area contributed by atoms with Gasteiger partial charge in [-0.2, -0.15) is 0 Å². The summed E-state index contributed by atoms with van der Waals surface area (Å²) in [4.78, 5) is 5.41. The number of fused-ring (bicyclic) bond motifs is 2. The van der Waals surface area contributed by atoms with Crippen molar-refractivity contribution < 1.29 is 0 Å². The van der Waals surface area contributed by atoms with Gasteiger partial charge in [-0.25, -0.2) is 4.98 Å². The molecule has 0 amide bonds. The maximum absolute atomic E-state index is 5.41. The number of benzene rings is 8. The van der Waals surface area contributed by atoms with Gasteiger partial charge in [-0.3, -0.25) is 4.57 Å². The molecule has 0 fully saturated rings. The fourth-order valence-corrected chi connectivity index (χ4v) is 7.24. The maximum atomic E-state index is 5.41. The summed E-state index contributed by atoms with van der Waals surface area (Å²) in [5, 5.41) is 5.00. The van der Waals surface area contributed by atoms with Crippen LogP contribution in [-0.4, -0.2) is 9.55 Å². The first-order chi connectivity index (χ1) is 24.3. The molecule has 2 heteroatoms. The summed E-state index contributed by atoms with van der Waals surface area (Å²) in [5.74, 6) is 0.907. The van der Waals surface area contributed by atoms with Crippen LogP contribution >= 0.6 is 0 Å². The Hall–Kier alpha value is -6.51. The topological polar surface area (TPSA) is 17.8 Å². The van der Waals surface area contributed by atoms with Gasteiger partial charge in [0.2, 0.25) is 0 Å². The predicted molar refractivity (Wildman–Crippen MR) is 206 cm³/mol. The van der Waals surface area contributed by atoms with Gasteiger partial charge in [0.1, 0.15) is 5.82 Å². The first-order valence-corrected chi connectivity index (χ1v) is 16.7. The Morgan fingerprint density at radius 1 is 0.306 bits per heavy atom. The van der Waals surface area contributed by atoms with Crippen molar-refractivity contribution in [2.45, 2.75) is 0 Å². The lowest BCUT2D eigenvalue weighted by molar-refractivity contribution is 1.07. The minimum absolute atomic E-state index is 0.907. The number of hydrogen-bond donors (Lipinski definition) is 0. The Morgan fingerprint density at radius 3 is 1.16 bits per heavy atom. The lowest BCUT2D eigenvalue weighted by Crippen LogP contribution is -2.00. The van der Waals surface area contributed by atoms with Crippen LogP contribution in [0.4, 0.5) is 0 Å². The molecule has 1 aromatic heterocycles. The zero-order chi connectivity index (χ0) is 32.6. The molecule has 0 aliphatic carbocycles. The molecular weight excluding hydrogens is 593 g/mol. The smallest absolute Gasteiger partial charge is 0.145 e. The second-order valence-electron chi connectivity index (χ2n) is 12.3. The van der Waals surface area contributed by atoms with E-state index in [-0.39, 0.29) is 0 Å². The highest BCUT2D eigenvalue weighted by atomic mass is 15.1. The Bertz CT molecular complexity index is 2490. The average Bonchev–Trinajstić information content (AvgIpc) is 3.59. The highest BCUT2D eigenvalue weighted by Gasteiger charge is 2.23. The molecular formula is C47H32N2. The zero-order valence-corrected chi connectivity index (χ0v) is 26.9. The summed E-state index contributed by atoms with van der Waals surface area (Å²) >= 11 is 0. The van der Waals surface area contributed by atoms with Crippen molar-refractivity contribution in [3.05, 3.63) is 194 Å². The number of hydrogen-bond acceptors (Lipinski definition) is 1. The lowest BCUT2D eigenvalue weighted by Gasteiger charge is -2.18. The van der Waals surface area contributed by atoms with E-state index in [0.717, 1.165) is 39.6 Å². The molecule has 9 rings (SSSR count). The van der Waals surface area contributed by atoms with E-state index in [9.17, 15) is 0 Å². The molecule has 49 heavy (non-hydrogen) atoms. The summed E-state index contributed by atoms with van der Waals surface area (Å²) in [6.45, 7) is 0. The van der Waals surface area contributed by atoms with Crippen molar-refractivity contribution in [2.24, 2.45) is 0 Å². The molecule has 8 aromatic carbocycles. The molecule has 9 aromatic rings. The Labute approximate surface area is 286 Å². The van der Waals surface area contributed by atoms with E-state index in [2.05, 4.69) is 199 Å². The molecule has 0 radical (unpaired) electrons. The van der Waals surface area contributed by atoms with Crippen molar-refractivity contribution in [2.75, 3.05) is 0 Å². The van der Waals surface area contributed by atoms with Crippen molar-refractivity contribution in [1.82, 2.24) is 9.55 Å². The quantitative estimate of drug-likeness (QED) is 0.168. The second kappa shape index (κ2) is 12.3. The number of nitrogens with zero attached hydrogens (tertiary/aromatic N) is 2. The fourth-order valence-electron chi connectivity index (χ4n) is 7.24. The third-order valence-corrected chi connectivity index (χ3v) is 9.41. The van der Waals surface area contributed by atoms with E-state index < -0.39 is 0 Å². The molecule has 0 saturated carbocycles. The molecule has 0 saturated heterocycles. The SMILES string of the molecule is c1ccc(-c2nc(-c3ccc(-c4c5ccccc5c(-c5ccccc5)c5ccccc45)cc3)n(-c3ccccc3)c2-c2ccccc2)cc1. The van der Waals surface area contributed by atoms with Gasteiger partial charge < -0.3 is 0 Å². The Morgan fingerprint density at radius 2 is 0.673 bits per heavy atom. The molecule has 0 bridgehead atoms. The highest BCUT2D eigenvalue weighted by molar-refractivity contribution is 6.21. The summed E-state index contributed by atoms with van der Waals surface area (Å²) in [7, 11) is 0. The molecule has 0 N–H and O–H groups in total. The van der Waals surface area contributed by atoms with Gasteiger partial charge in [0, 0.05) is 22.4 Å². The van der Waals surface area contributed by atoms with Crippen LogP contribution in [0.25, 0.3) is 83.4 Å². The summed E-state index contributed by atoms with van der Waals surface area (Å²) in [6.07, 6.45) is 0. The van der Waals surface area contributed by atoms with Crippen LogP contribution < -0.4 is 0 Å². The normalized spacial score (nSPS) is 11.3. The van der Waals surface area contributed by atoms with Gasteiger partial charge in [-0.1, -0.05) is 182 Å². The largest absolute Gasteiger partial charge is 0.292 e. The second-order valence-corrected chi connectivity index (χ2v) is 12.3. The van der Waals surface area contributed by atoms with Gasteiger partial charge in [0.25, 0.3) is 0 Å². The standard InChI is InChI=1S/C47H32N2/c1-5-17-33(18-6-1)43-39-25-13-15-27-41(39)44(42-28-16-14-26-40(42)43)34-29-31-37(32-30-34)47-48-45(35-19-7-2-8-20-35)46(36-21-9-3-10-22-36)49(47)38-23-11-4-12-24-38/h1-32H. The molecule has 0 unspecified atom stereocenters. The van der Waals surface area contributed by atoms with Crippen LogP contribution in [0.3, 0.4) is 0 Å². The van der Waals surface area contributed by atoms with Crippen molar-refractivity contribution >= 4 is 21.5 Å². The molecule has 0 atom stereocenters. The van der Waals surface area contributed by atoms with E-state index in [1.54, 1.807) is 0 Å². The van der Waals surface area contributed by atoms with Crippen molar-refractivity contribution in [3.8, 4) is 61.8 Å². The highest BCUT2D eigenvalue weighted by Crippen LogP contribution is 2.44. The fraction of sp³-hybridized carbons (Fsp3) is 0. The molecule has 1 heterocycles. The third-order valence-electron chi connectivity index (χ3n) is 9.41. The minimum atomic E-state index is 0.907. The van der Waals surface area contributed by atoms with Crippen LogP contribution in [0.15, 0.2) is 194 Å². The Balaban J connectivity index is 1.27. The van der Waals surface area contributed by atoms with Gasteiger partial charge in [-0.15, -0.1) is 0 Å². The van der Waals surface area contributed by atoms with Crippen LogP contribution in [0.2, 0.25) is 0 Å². The van der Waals surface area contributed by atoms with Gasteiger partial charge in [-0.05, 0) is 55.9 Å². The first-order valence-electron chi connectivity index (χ1n) is 16.7. The monoisotopic (exact) mass is 624 g/mol. The Kier molecular flexibility index (Phi) is 7.18. The minimum Gasteiger partial charge on any atom is -0.292 e. The van der Waals surface area contributed by atoms with Gasteiger partial charge >= 0.3 is 0 Å². The summed E-state index contributed by atoms with van der Waals surface area (Å²) < 4.78 is 2.31. The molecule has 0 aliphatic rings. The van der Waals surface area contributed by atoms with E-state index in [4.69, 9.17) is 4.98 Å². The lowest BCUT2D eigenvalue weighted by atomic mass is 9.86. The summed E-state index contributed by atoms with van der Waals surface area (Å²) in [6, 6.07) is 69.1. The van der Waals surface area contributed by atoms with Crippen LogP contribution in [0.1, 0.15) is 0 Å². The van der Waals surface area contributed by atoms with Gasteiger partial charge in [0.15, 0.2) is 0 Å². The van der Waals surface area contributed by atoms with E-state index in [1.807, 2.05) is 0 Å². The molecule has 2 nitrogen and oxygen atoms in total. The van der Waals surface area contributed by atoms with Crippen molar-refractivity contribution in [1.29, 1.82) is 0 Å². The summed E-state index contributed by atoms with van der Waals surface area (Å²) in [5.41, 5.74) is 11.3. The zero-order valence-electron chi connectivity index (χ0n) is 26.9.